The first-order valence-electron chi connectivity index (χ1n) is 7.95. The molecule has 0 unspecified atom stereocenters. The molecule has 3 aromatic rings. The first kappa shape index (κ1) is 17.6. The second-order valence-electron chi connectivity index (χ2n) is 5.39. The van der Waals surface area contributed by atoms with Gasteiger partial charge in [0.15, 0.2) is 5.69 Å². The Bertz CT molecular complexity index is 940. The van der Waals surface area contributed by atoms with Crippen LogP contribution in [0.15, 0.2) is 54.7 Å². The Balaban J connectivity index is 1.77. The fourth-order valence-electron chi connectivity index (χ4n) is 2.30. The number of aromatic nitrogens is 3. The number of amides is 2. The third-order valence-corrected chi connectivity index (χ3v) is 3.88. The van der Waals surface area contributed by atoms with Crippen molar-refractivity contribution in [2.24, 2.45) is 0 Å². The van der Waals surface area contributed by atoms with Gasteiger partial charge in [-0.3, -0.25) is 9.59 Å². The van der Waals surface area contributed by atoms with E-state index in [1.54, 1.807) is 12.1 Å². The predicted octanol–water partition coefficient (Wildman–Crippen LogP) is 2.92. The maximum Gasteiger partial charge on any atom is 0.277 e. The molecule has 1 aromatic heterocycles. The zero-order valence-electron chi connectivity index (χ0n) is 13.9. The number of halogens is 1. The van der Waals surface area contributed by atoms with Crippen LogP contribution in [-0.4, -0.2) is 33.4 Å². The number of nitrogens with zero attached hydrogens (tertiary/aromatic N) is 3. The van der Waals surface area contributed by atoms with Crippen LogP contribution in [0, 0.1) is 0 Å². The van der Waals surface area contributed by atoms with Gasteiger partial charge in [-0.25, -0.2) is 4.68 Å². The van der Waals surface area contributed by atoms with Crippen LogP contribution in [0.25, 0.3) is 5.69 Å². The van der Waals surface area contributed by atoms with E-state index < -0.39 is 5.91 Å². The zero-order chi connectivity index (χ0) is 18.5. The van der Waals surface area contributed by atoms with Gasteiger partial charge in [0.2, 0.25) is 0 Å². The molecule has 0 saturated heterocycles. The molecule has 7 nitrogen and oxygen atoms in total. The lowest BCUT2D eigenvalue weighted by atomic mass is 10.2. The standard InChI is InChI=1S/C18H16ClN5O2/c1-2-20-17(25)14-10-12(8-9-15(14)19)21-18(26)16-11-24(23-22-16)13-6-4-3-5-7-13/h3-11H,2H2,1H3,(H,20,25)(H,21,26). The number of hydrogen-bond acceptors (Lipinski definition) is 4. The van der Waals surface area contributed by atoms with Gasteiger partial charge in [0, 0.05) is 12.2 Å². The van der Waals surface area contributed by atoms with Gasteiger partial charge in [-0.05, 0) is 37.3 Å². The molecule has 0 saturated carbocycles. The van der Waals surface area contributed by atoms with Crippen molar-refractivity contribution in [2.75, 3.05) is 11.9 Å². The highest BCUT2D eigenvalue weighted by molar-refractivity contribution is 6.34. The highest BCUT2D eigenvalue weighted by atomic mass is 35.5. The molecule has 2 aromatic carbocycles. The molecule has 0 spiro atoms. The minimum absolute atomic E-state index is 0.156. The molecular weight excluding hydrogens is 354 g/mol. The number of benzene rings is 2. The summed E-state index contributed by atoms with van der Waals surface area (Å²) in [4.78, 5) is 24.4. The molecule has 1 heterocycles. The summed E-state index contributed by atoms with van der Waals surface area (Å²) in [5.74, 6) is -0.736. The fourth-order valence-corrected chi connectivity index (χ4v) is 2.51. The highest BCUT2D eigenvalue weighted by Gasteiger charge is 2.15. The summed E-state index contributed by atoms with van der Waals surface area (Å²) in [5, 5.41) is 13.5. The fraction of sp³-hybridized carbons (Fsp3) is 0.111. The van der Waals surface area contributed by atoms with Crippen LogP contribution in [0.4, 0.5) is 5.69 Å². The Hall–Kier alpha value is -3.19. The summed E-state index contributed by atoms with van der Waals surface area (Å²) in [5.41, 5.74) is 1.68. The second kappa shape index (κ2) is 7.79. The molecule has 0 aliphatic carbocycles. The molecule has 8 heteroatoms. The van der Waals surface area contributed by atoms with E-state index in [2.05, 4.69) is 20.9 Å². The number of rotatable bonds is 5. The van der Waals surface area contributed by atoms with Crippen molar-refractivity contribution in [1.82, 2.24) is 20.3 Å². The van der Waals surface area contributed by atoms with Crippen molar-refractivity contribution >= 4 is 29.1 Å². The summed E-state index contributed by atoms with van der Waals surface area (Å²) in [6.07, 6.45) is 1.53. The van der Waals surface area contributed by atoms with Crippen molar-refractivity contribution in [3.05, 3.63) is 71.0 Å². The van der Waals surface area contributed by atoms with E-state index in [1.165, 1.54) is 16.9 Å². The summed E-state index contributed by atoms with van der Waals surface area (Å²) in [6, 6.07) is 14.0. The lowest BCUT2D eigenvalue weighted by Crippen LogP contribution is -2.23. The molecule has 0 radical (unpaired) electrons. The molecule has 0 atom stereocenters. The van der Waals surface area contributed by atoms with Gasteiger partial charge in [0.1, 0.15) is 0 Å². The Kier molecular flexibility index (Phi) is 5.28. The molecule has 0 bridgehead atoms. The van der Waals surface area contributed by atoms with E-state index in [4.69, 9.17) is 11.6 Å². The van der Waals surface area contributed by atoms with Gasteiger partial charge >= 0.3 is 0 Å². The summed E-state index contributed by atoms with van der Waals surface area (Å²) >= 11 is 6.05. The van der Waals surface area contributed by atoms with E-state index in [9.17, 15) is 9.59 Å². The zero-order valence-corrected chi connectivity index (χ0v) is 14.7. The van der Waals surface area contributed by atoms with E-state index in [0.717, 1.165) is 5.69 Å². The van der Waals surface area contributed by atoms with Crippen LogP contribution in [0.2, 0.25) is 5.02 Å². The minimum atomic E-state index is -0.434. The Labute approximate surface area is 155 Å². The Morgan fingerprint density at radius 3 is 2.62 bits per heavy atom. The Morgan fingerprint density at radius 2 is 1.88 bits per heavy atom. The van der Waals surface area contributed by atoms with Gasteiger partial charge in [-0.2, -0.15) is 0 Å². The summed E-state index contributed by atoms with van der Waals surface area (Å²) in [6.45, 7) is 2.29. The van der Waals surface area contributed by atoms with Crippen molar-refractivity contribution < 1.29 is 9.59 Å². The van der Waals surface area contributed by atoms with Crippen LogP contribution in [0.3, 0.4) is 0 Å². The summed E-state index contributed by atoms with van der Waals surface area (Å²) in [7, 11) is 0. The number of nitrogens with one attached hydrogen (secondary N) is 2. The number of carbonyl (C=O) groups excluding carboxylic acids is 2. The summed E-state index contributed by atoms with van der Waals surface area (Å²) < 4.78 is 1.51. The molecule has 3 rings (SSSR count). The second-order valence-corrected chi connectivity index (χ2v) is 5.80. The normalized spacial score (nSPS) is 10.4. The Morgan fingerprint density at radius 1 is 1.12 bits per heavy atom. The largest absolute Gasteiger partial charge is 0.352 e. The monoisotopic (exact) mass is 369 g/mol. The van der Waals surface area contributed by atoms with Crippen molar-refractivity contribution in [2.45, 2.75) is 6.92 Å². The molecule has 132 valence electrons. The quantitative estimate of drug-likeness (QED) is 0.723. The van der Waals surface area contributed by atoms with Gasteiger partial charge in [0.25, 0.3) is 11.8 Å². The highest BCUT2D eigenvalue weighted by Crippen LogP contribution is 2.21. The third-order valence-electron chi connectivity index (χ3n) is 3.55. The van der Waals surface area contributed by atoms with Gasteiger partial charge in [-0.15, -0.1) is 5.10 Å². The number of para-hydroxylation sites is 1. The molecule has 0 aliphatic rings. The molecule has 26 heavy (non-hydrogen) atoms. The molecule has 0 aliphatic heterocycles. The van der Waals surface area contributed by atoms with Crippen LogP contribution < -0.4 is 10.6 Å². The molecular formula is C18H16ClN5O2. The van der Waals surface area contributed by atoms with Gasteiger partial charge < -0.3 is 10.6 Å². The lowest BCUT2D eigenvalue weighted by Gasteiger charge is -2.08. The smallest absolute Gasteiger partial charge is 0.277 e. The average molecular weight is 370 g/mol. The topological polar surface area (TPSA) is 88.9 Å². The third kappa shape index (κ3) is 3.89. The maximum atomic E-state index is 12.4. The number of anilines is 1. The molecule has 0 fully saturated rings. The van der Waals surface area contributed by atoms with E-state index in [0.29, 0.717) is 22.8 Å². The number of carbonyl (C=O) groups is 2. The van der Waals surface area contributed by atoms with Crippen molar-refractivity contribution in [1.29, 1.82) is 0 Å². The average Bonchev–Trinajstić information content (AvgIpc) is 3.14. The van der Waals surface area contributed by atoms with Crippen molar-refractivity contribution in [3.63, 3.8) is 0 Å². The van der Waals surface area contributed by atoms with E-state index >= 15 is 0 Å². The lowest BCUT2D eigenvalue weighted by molar-refractivity contribution is 0.0954. The van der Waals surface area contributed by atoms with Crippen LogP contribution in [-0.2, 0) is 0 Å². The van der Waals surface area contributed by atoms with Crippen LogP contribution >= 0.6 is 11.6 Å². The SMILES string of the molecule is CCNC(=O)c1cc(NC(=O)c2cn(-c3ccccc3)nn2)ccc1Cl. The van der Waals surface area contributed by atoms with E-state index in [1.807, 2.05) is 37.3 Å². The van der Waals surface area contributed by atoms with E-state index in [-0.39, 0.29) is 11.6 Å². The van der Waals surface area contributed by atoms with Gasteiger partial charge in [-0.1, -0.05) is 35.0 Å². The molecule has 2 amide bonds. The first-order valence-corrected chi connectivity index (χ1v) is 8.33. The predicted molar refractivity (Wildman–Crippen MR) is 98.8 cm³/mol. The maximum absolute atomic E-state index is 12.4. The first-order chi connectivity index (χ1) is 12.6. The minimum Gasteiger partial charge on any atom is -0.352 e. The van der Waals surface area contributed by atoms with Crippen LogP contribution in [0.5, 0.6) is 0 Å². The molecule has 2 N–H and O–H groups in total. The van der Waals surface area contributed by atoms with Gasteiger partial charge in [0.05, 0.1) is 22.5 Å². The van der Waals surface area contributed by atoms with Crippen molar-refractivity contribution in [3.8, 4) is 5.69 Å². The number of hydrogen-bond donors (Lipinski definition) is 2. The van der Waals surface area contributed by atoms with Crippen LogP contribution in [0.1, 0.15) is 27.8 Å².